The summed E-state index contributed by atoms with van der Waals surface area (Å²) >= 11 is 1.64. The van der Waals surface area contributed by atoms with Gasteiger partial charge in [-0.1, -0.05) is 91.0 Å². The SMILES string of the molecule is COc1ccccc1NC(=O)Nc1ccc(-c2ccc(CN3CCOCC3)nc2)c2ccccc12.CSc1cccc(NC(=O)Nc2ccc(-c3ccc(CN4CCOCC4)nc3)c3ccccc23)c1. The lowest BCUT2D eigenvalue weighted by Gasteiger charge is -2.26. The molecule has 0 unspecified atom stereocenters. The molecule has 4 amide bonds. The molecule has 14 heteroatoms. The first-order valence-corrected chi connectivity index (χ1v) is 24.6. The molecule has 2 aliphatic rings. The number of carbonyl (C=O) groups excluding carboxylic acids is 2. The Morgan fingerprint density at radius 1 is 0.543 bits per heavy atom. The third kappa shape index (κ3) is 12.1. The van der Waals surface area contributed by atoms with Crippen molar-refractivity contribution in [1.29, 1.82) is 0 Å². The van der Waals surface area contributed by atoms with Gasteiger partial charge in [0.15, 0.2) is 0 Å². The van der Waals surface area contributed by atoms with Crippen molar-refractivity contribution in [2.75, 3.05) is 87.2 Å². The summed E-state index contributed by atoms with van der Waals surface area (Å²) < 4.78 is 16.2. The number of nitrogens with zero attached hydrogens (tertiary/aromatic N) is 4. The summed E-state index contributed by atoms with van der Waals surface area (Å²) in [4.78, 5) is 40.7. The standard InChI is InChI=1S/C28H28N4O3.C28H28N4O2S/c1-34-27-9-5-4-8-26(27)31-28(33)30-25-13-12-22(23-6-2-3-7-24(23)25)20-10-11-21(29-18-20)19-32-14-16-35-17-15-32;1-35-23-6-4-5-21(17-23)30-28(33)31-27-12-11-24(25-7-2-3-8-26(25)27)20-9-10-22(29-18-20)19-32-13-15-34-16-14-32/h2-13,18H,14-17,19H2,1H3,(H2,30,31,33);2-12,17-18H,13-16,19H2,1H3,(H2,30,31,33). The number of thioether (sulfide) groups is 1. The molecule has 6 aromatic carbocycles. The maximum absolute atomic E-state index is 12.8. The number of hydrogen-bond donors (Lipinski definition) is 4. The van der Waals surface area contributed by atoms with Crippen LogP contribution in [0.2, 0.25) is 0 Å². The minimum atomic E-state index is -0.332. The fraction of sp³-hybridized carbons (Fsp3) is 0.214. The highest BCUT2D eigenvalue weighted by atomic mass is 32.2. The molecule has 356 valence electrons. The van der Waals surface area contributed by atoms with Crippen LogP contribution in [0.5, 0.6) is 5.75 Å². The molecule has 4 heterocycles. The van der Waals surface area contributed by atoms with Crippen molar-refractivity contribution in [2.24, 2.45) is 0 Å². The van der Waals surface area contributed by atoms with Crippen molar-refractivity contribution in [2.45, 2.75) is 18.0 Å². The number of anilines is 4. The van der Waals surface area contributed by atoms with Gasteiger partial charge in [-0.3, -0.25) is 19.8 Å². The van der Waals surface area contributed by atoms with E-state index in [1.54, 1.807) is 31.0 Å². The maximum atomic E-state index is 12.8. The molecule has 10 rings (SSSR count). The summed E-state index contributed by atoms with van der Waals surface area (Å²) in [5.74, 6) is 0.604. The largest absolute Gasteiger partial charge is 0.495 e. The van der Waals surface area contributed by atoms with E-state index in [2.05, 4.69) is 67.5 Å². The van der Waals surface area contributed by atoms with Crippen molar-refractivity contribution in [3.63, 3.8) is 0 Å². The molecule has 2 fully saturated rings. The molecule has 0 atom stereocenters. The van der Waals surface area contributed by atoms with E-state index >= 15 is 0 Å². The molecule has 2 saturated heterocycles. The van der Waals surface area contributed by atoms with Gasteiger partial charge in [0.2, 0.25) is 0 Å². The number of pyridine rings is 2. The topological polar surface area (TPSA) is 142 Å². The zero-order chi connectivity index (χ0) is 48.1. The monoisotopic (exact) mass is 952 g/mol. The molecule has 8 aromatic rings. The van der Waals surface area contributed by atoms with Gasteiger partial charge in [-0.2, -0.15) is 0 Å². The Labute approximate surface area is 412 Å². The van der Waals surface area contributed by atoms with Crippen molar-refractivity contribution in [3.8, 4) is 28.0 Å². The van der Waals surface area contributed by atoms with Crippen LogP contribution < -0.4 is 26.0 Å². The quantitative estimate of drug-likeness (QED) is 0.0874. The van der Waals surface area contributed by atoms with Crippen molar-refractivity contribution in [1.82, 2.24) is 19.8 Å². The second-order valence-corrected chi connectivity index (χ2v) is 17.7. The number of hydrogen-bond acceptors (Lipinski definition) is 10. The normalized spacial score (nSPS) is 14.0. The van der Waals surface area contributed by atoms with E-state index < -0.39 is 0 Å². The van der Waals surface area contributed by atoms with E-state index in [1.807, 2.05) is 116 Å². The summed E-state index contributed by atoms with van der Waals surface area (Å²) in [6.45, 7) is 8.55. The van der Waals surface area contributed by atoms with Gasteiger partial charge in [-0.15, -0.1) is 11.8 Å². The van der Waals surface area contributed by atoms with Crippen LogP contribution in [-0.2, 0) is 22.6 Å². The summed E-state index contributed by atoms with van der Waals surface area (Å²) in [5, 5.41) is 15.8. The summed E-state index contributed by atoms with van der Waals surface area (Å²) in [5.41, 5.74) is 9.22. The number of methoxy groups -OCH3 is 1. The van der Waals surface area contributed by atoms with Crippen molar-refractivity contribution < 1.29 is 23.8 Å². The van der Waals surface area contributed by atoms with Crippen LogP contribution in [0.1, 0.15) is 11.4 Å². The Morgan fingerprint density at radius 2 is 1.03 bits per heavy atom. The number of morpholine rings is 2. The second kappa shape index (κ2) is 23.3. The van der Waals surface area contributed by atoms with Gasteiger partial charge in [0.05, 0.1) is 62.0 Å². The highest BCUT2D eigenvalue weighted by Crippen LogP contribution is 2.35. The summed E-state index contributed by atoms with van der Waals surface area (Å²) in [7, 11) is 1.58. The molecule has 0 saturated carbocycles. The van der Waals surface area contributed by atoms with Gasteiger partial charge in [0.25, 0.3) is 0 Å². The maximum Gasteiger partial charge on any atom is 0.323 e. The van der Waals surface area contributed by atoms with Gasteiger partial charge in [-0.05, 0) is 82.8 Å². The first-order valence-electron chi connectivity index (χ1n) is 23.4. The zero-order valence-corrected chi connectivity index (χ0v) is 40.1. The Bertz CT molecular complexity index is 3050. The number of nitrogens with one attached hydrogen (secondary N) is 4. The highest BCUT2D eigenvalue weighted by Gasteiger charge is 2.16. The number of aromatic nitrogens is 2. The smallest absolute Gasteiger partial charge is 0.323 e. The fourth-order valence-corrected chi connectivity index (χ4v) is 9.12. The summed E-state index contributed by atoms with van der Waals surface area (Å²) in [6, 6.07) is 47.1. The molecule has 0 aliphatic carbocycles. The van der Waals surface area contributed by atoms with E-state index in [0.29, 0.717) is 11.4 Å². The van der Waals surface area contributed by atoms with E-state index in [1.165, 1.54) is 0 Å². The Morgan fingerprint density at radius 3 is 1.53 bits per heavy atom. The molecular weight excluding hydrogens is 897 g/mol. The molecule has 4 N–H and O–H groups in total. The van der Waals surface area contributed by atoms with Crippen LogP contribution in [-0.4, -0.2) is 97.8 Å². The van der Waals surface area contributed by atoms with Gasteiger partial charge in [-0.25, -0.2) is 9.59 Å². The van der Waals surface area contributed by atoms with Crippen LogP contribution in [0.15, 0.2) is 163 Å². The highest BCUT2D eigenvalue weighted by molar-refractivity contribution is 7.98. The number of ether oxygens (including phenoxy) is 3. The van der Waals surface area contributed by atoms with Crippen LogP contribution >= 0.6 is 11.8 Å². The lowest BCUT2D eigenvalue weighted by atomic mass is 9.98. The van der Waals surface area contributed by atoms with Crippen LogP contribution in [0.25, 0.3) is 43.8 Å². The molecule has 0 spiro atoms. The van der Waals surface area contributed by atoms with E-state index in [-0.39, 0.29) is 12.1 Å². The molecular formula is C56H56N8O5S. The number of rotatable bonds is 12. The lowest BCUT2D eigenvalue weighted by molar-refractivity contribution is 0.0336. The minimum Gasteiger partial charge on any atom is -0.495 e. The average Bonchev–Trinajstić information content (AvgIpc) is 3.40. The fourth-order valence-electron chi connectivity index (χ4n) is 8.66. The molecule has 2 aliphatic heterocycles. The molecule has 0 bridgehead atoms. The Hall–Kier alpha value is -7.33. The van der Waals surface area contributed by atoms with E-state index in [0.717, 1.165) is 143 Å². The third-order valence-electron chi connectivity index (χ3n) is 12.3. The predicted molar refractivity (Wildman–Crippen MR) is 283 cm³/mol. The Balaban J connectivity index is 0.000000174. The van der Waals surface area contributed by atoms with Crippen LogP contribution in [0.4, 0.5) is 32.3 Å². The number of benzene rings is 6. The first-order chi connectivity index (χ1) is 34.4. The van der Waals surface area contributed by atoms with Gasteiger partial charge < -0.3 is 35.5 Å². The number of fused-ring (bicyclic) bond motifs is 2. The van der Waals surface area contributed by atoms with Crippen LogP contribution in [0, 0.1) is 0 Å². The van der Waals surface area contributed by atoms with E-state index in [9.17, 15) is 9.59 Å². The second-order valence-electron chi connectivity index (χ2n) is 16.9. The van der Waals surface area contributed by atoms with E-state index in [4.69, 9.17) is 24.2 Å². The number of urea groups is 2. The van der Waals surface area contributed by atoms with Gasteiger partial charge in [0, 0.05) is 84.1 Å². The third-order valence-corrected chi connectivity index (χ3v) is 13.0. The van der Waals surface area contributed by atoms with Gasteiger partial charge >= 0.3 is 12.1 Å². The lowest BCUT2D eigenvalue weighted by Crippen LogP contribution is -2.35. The Kier molecular flexibility index (Phi) is 15.9. The van der Waals surface area contributed by atoms with Crippen molar-refractivity contribution in [3.05, 3.63) is 169 Å². The molecule has 0 radical (unpaired) electrons. The van der Waals surface area contributed by atoms with Gasteiger partial charge in [0.1, 0.15) is 5.75 Å². The molecule has 70 heavy (non-hydrogen) atoms. The number of carbonyl (C=O) groups is 2. The number of amides is 4. The van der Waals surface area contributed by atoms with Crippen molar-refractivity contribution >= 4 is 68.1 Å². The number of para-hydroxylation sites is 2. The summed E-state index contributed by atoms with van der Waals surface area (Å²) in [6.07, 6.45) is 5.88. The minimum absolute atomic E-state index is 0.268. The molecule has 2 aromatic heterocycles. The average molecular weight is 953 g/mol. The predicted octanol–water partition coefficient (Wildman–Crippen LogP) is 11.5. The molecule has 13 nitrogen and oxygen atoms in total. The first kappa shape index (κ1) is 47.7. The zero-order valence-electron chi connectivity index (χ0n) is 39.3. The van der Waals surface area contributed by atoms with Crippen LogP contribution in [0.3, 0.4) is 0 Å².